The van der Waals surface area contributed by atoms with E-state index in [2.05, 4.69) is 20.3 Å². The Hall–Kier alpha value is -2.37. The summed E-state index contributed by atoms with van der Waals surface area (Å²) in [5.74, 6) is 2.32. The molecule has 0 radical (unpaired) electrons. The molecule has 106 valence electrons. The van der Waals surface area contributed by atoms with Gasteiger partial charge in [-0.3, -0.25) is 4.79 Å². The van der Waals surface area contributed by atoms with Crippen LogP contribution in [0, 0.1) is 13.8 Å². The van der Waals surface area contributed by atoms with Gasteiger partial charge in [0, 0.05) is 12.5 Å². The van der Waals surface area contributed by atoms with Crippen molar-refractivity contribution >= 4 is 29.2 Å². The molecular weight excluding hydrogens is 254 g/mol. The van der Waals surface area contributed by atoms with Crippen LogP contribution >= 0.6 is 0 Å². The SMILES string of the molecule is CC(=O)NC1=NC(=Nc2[nH]c(N)c(C)c2C)C(C)=C1C. The summed E-state index contributed by atoms with van der Waals surface area (Å²) in [6, 6.07) is 0. The summed E-state index contributed by atoms with van der Waals surface area (Å²) in [5, 5.41) is 2.71. The molecule has 0 aliphatic carbocycles. The first kappa shape index (κ1) is 14.0. The normalized spacial score (nSPS) is 16.9. The Morgan fingerprint density at radius 2 is 1.85 bits per heavy atom. The van der Waals surface area contributed by atoms with E-state index in [0.717, 1.165) is 22.3 Å². The smallest absolute Gasteiger partial charge is 0.222 e. The Kier molecular flexibility index (Phi) is 3.48. The van der Waals surface area contributed by atoms with E-state index in [9.17, 15) is 4.79 Å². The molecule has 0 aromatic carbocycles. The van der Waals surface area contributed by atoms with E-state index in [4.69, 9.17) is 5.73 Å². The number of aromatic nitrogens is 1. The summed E-state index contributed by atoms with van der Waals surface area (Å²) < 4.78 is 0. The highest BCUT2D eigenvalue weighted by Gasteiger charge is 2.20. The van der Waals surface area contributed by atoms with Crippen LogP contribution in [0.1, 0.15) is 31.9 Å². The van der Waals surface area contributed by atoms with Crippen molar-refractivity contribution in [3.63, 3.8) is 0 Å². The predicted octanol–water partition coefficient (Wildman–Crippen LogP) is 2.13. The first-order valence-corrected chi connectivity index (χ1v) is 6.39. The number of amidine groups is 2. The number of nitrogen functional groups attached to an aromatic ring is 1. The van der Waals surface area contributed by atoms with Crippen LogP contribution in [0.25, 0.3) is 0 Å². The highest BCUT2D eigenvalue weighted by Crippen LogP contribution is 2.27. The molecule has 0 bridgehead atoms. The lowest BCUT2D eigenvalue weighted by Gasteiger charge is -2.00. The minimum absolute atomic E-state index is 0.145. The highest BCUT2D eigenvalue weighted by atomic mass is 16.1. The molecule has 4 N–H and O–H groups in total. The topological polar surface area (TPSA) is 95.6 Å². The molecule has 1 aromatic heterocycles. The number of carbonyl (C=O) groups is 1. The monoisotopic (exact) mass is 273 g/mol. The summed E-state index contributed by atoms with van der Waals surface area (Å²) >= 11 is 0. The number of aliphatic imine (C=N–C) groups is 2. The molecule has 1 aromatic rings. The van der Waals surface area contributed by atoms with Crippen LogP contribution in [0.15, 0.2) is 21.1 Å². The number of nitrogens with two attached hydrogens (primary N) is 1. The second kappa shape index (κ2) is 4.96. The molecule has 2 rings (SSSR count). The van der Waals surface area contributed by atoms with E-state index in [1.165, 1.54) is 6.92 Å². The van der Waals surface area contributed by atoms with Crippen molar-refractivity contribution < 1.29 is 4.79 Å². The van der Waals surface area contributed by atoms with Gasteiger partial charge in [0.1, 0.15) is 17.5 Å². The minimum Gasteiger partial charge on any atom is -0.385 e. The molecular formula is C14H19N5O. The number of rotatable bonds is 1. The lowest BCUT2D eigenvalue weighted by Crippen LogP contribution is -2.27. The van der Waals surface area contributed by atoms with Gasteiger partial charge in [-0.2, -0.15) is 0 Å². The summed E-state index contributed by atoms with van der Waals surface area (Å²) in [7, 11) is 0. The van der Waals surface area contributed by atoms with Crippen LogP contribution in [-0.4, -0.2) is 22.6 Å². The third kappa shape index (κ3) is 2.36. The predicted molar refractivity (Wildman–Crippen MR) is 81.4 cm³/mol. The van der Waals surface area contributed by atoms with Crippen LogP contribution < -0.4 is 11.1 Å². The van der Waals surface area contributed by atoms with Gasteiger partial charge in [0.2, 0.25) is 5.91 Å². The number of nitrogens with zero attached hydrogens (tertiary/aromatic N) is 2. The zero-order valence-electron chi connectivity index (χ0n) is 12.4. The molecule has 0 spiro atoms. The average Bonchev–Trinajstić information content (AvgIpc) is 2.76. The van der Waals surface area contributed by atoms with E-state index in [0.29, 0.717) is 23.3 Å². The fourth-order valence-corrected chi connectivity index (χ4v) is 1.93. The fourth-order valence-electron chi connectivity index (χ4n) is 1.93. The first-order chi connectivity index (χ1) is 9.31. The number of aromatic amines is 1. The molecule has 1 amide bonds. The Morgan fingerprint density at radius 1 is 1.20 bits per heavy atom. The third-order valence-corrected chi connectivity index (χ3v) is 3.56. The molecule has 0 unspecified atom stereocenters. The number of hydrogen-bond acceptors (Lipinski definition) is 3. The number of H-pyrrole nitrogens is 1. The van der Waals surface area contributed by atoms with Crippen LogP contribution in [0.3, 0.4) is 0 Å². The van der Waals surface area contributed by atoms with Crippen molar-refractivity contribution in [3.05, 3.63) is 22.3 Å². The zero-order chi connectivity index (χ0) is 15.0. The van der Waals surface area contributed by atoms with Gasteiger partial charge in [0.15, 0.2) is 5.84 Å². The quantitative estimate of drug-likeness (QED) is 0.730. The Morgan fingerprint density at radius 3 is 2.35 bits per heavy atom. The van der Waals surface area contributed by atoms with Gasteiger partial charge in [-0.15, -0.1) is 0 Å². The molecule has 20 heavy (non-hydrogen) atoms. The van der Waals surface area contributed by atoms with E-state index >= 15 is 0 Å². The minimum atomic E-state index is -0.145. The van der Waals surface area contributed by atoms with Gasteiger partial charge in [-0.25, -0.2) is 9.98 Å². The van der Waals surface area contributed by atoms with Gasteiger partial charge in [-0.1, -0.05) is 0 Å². The molecule has 6 nitrogen and oxygen atoms in total. The number of anilines is 1. The maximum absolute atomic E-state index is 11.1. The number of carbonyl (C=O) groups excluding carboxylic acids is 1. The molecule has 6 heteroatoms. The van der Waals surface area contributed by atoms with Gasteiger partial charge < -0.3 is 16.0 Å². The first-order valence-electron chi connectivity index (χ1n) is 6.39. The van der Waals surface area contributed by atoms with E-state index < -0.39 is 0 Å². The van der Waals surface area contributed by atoms with Gasteiger partial charge in [0.25, 0.3) is 0 Å². The van der Waals surface area contributed by atoms with Crippen molar-refractivity contribution in [2.75, 3.05) is 5.73 Å². The largest absolute Gasteiger partial charge is 0.385 e. The lowest BCUT2D eigenvalue weighted by atomic mass is 10.1. The Bertz CT molecular complexity index is 676. The molecule has 0 saturated heterocycles. The summed E-state index contributed by atoms with van der Waals surface area (Å²) in [6.45, 7) is 9.20. The number of hydrogen-bond donors (Lipinski definition) is 3. The summed E-state index contributed by atoms with van der Waals surface area (Å²) in [4.78, 5) is 23.1. The summed E-state index contributed by atoms with van der Waals surface area (Å²) in [6.07, 6.45) is 0. The zero-order valence-corrected chi connectivity index (χ0v) is 12.4. The van der Waals surface area contributed by atoms with Crippen molar-refractivity contribution in [2.24, 2.45) is 9.98 Å². The van der Waals surface area contributed by atoms with E-state index in [1.54, 1.807) is 0 Å². The second-order valence-corrected chi connectivity index (χ2v) is 4.96. The van der Waals surface area contributed by atoms with E-state index in [1.807, 2.05) is 27.7 Å². The Labute approximate surface area is 117 Å². The molecule has 2 heterocycles. The maximum Gasteiger partial charge on any atom is 0.222 e. The molecule has 0 fully saturated rings. The molecule has 0 saturated carbocycles. The van der Waals surface area contributed by atoms with Crippen molar-refractivity contribution in [1.29, 1.82) is 0 Å². The number of amides is 1. The lowest BCUT2D eigenvalue weighted by molar-refractivity contribution is -0.117. The second-order valence-electron chi connectivity index (χ2n) is 4.96. The third-order valence-electron chi connectivity index (χ3n) is 3.56. The highest BCUT2D eigenvalue weighted by molar-refractivity contribution is 6.23. The standard InChI is InChI=1S/C14H19N5O/c1-6-7(2)13(17-11(6)15)19-14-9(4)8(3)12(18-14)16-10(5)20/h17H,15H2,1-5H3,(H,16,18,19,20). The van der Waals surface area contributed by atoms with Gasteiger partial charge in [-0.05, 0) is 44.4 Å². The van der Waals surface area contributed by atoms with E-state index in [-0.39, 0.29) is 5.91 Å². The molecule has 1 aliphatic rings. The molecule has 0 atom stereocenters. The Balaban J connectivity index is 2.43. The maximum atomic E-state index is 11.1. The van der Waals surface area contributed by atoms with Crippen LogP contribution in [0.5, 0.6) is 0 Å². The summed E-state index contributed by atoms with van der Waals surface area (Å²) in [5.41, 5.74) is 9.70. The van der Waals surface area contributed by atoms with Crippen LogP contribution in [0.4, 0.5) is 11.6 Å². The fraction of sp³-hybridized carbons (Fsp3) is 0.357. The number of nitrogens with one attached hydrogen (secondary N) is 2. The van der Waals surface area contributed by atoms with Crippen molar-refractivity contribution in [2.45, 2.75) is 34.6 Å². The molecule has 1 aliphatic heterocycles. The average molecular weight is 273 g/mol. The van der Waals surface area contributed by atoms with Crippen molar-refractivity contribution in [1.82, 2.24) is 10.3 Å². The van der Waals surface area contributed by atoms with Crippen LogP contribution in [-0.2, 0) is 4.79 Å². The van der Waals surface area contributed by atoms with Crippen LogP contribution in [0.2, 0.25) is 0 Å². The van der Waals surface area contributed by atoms with Crippen molar-refractivity contribution in [3.8, 4) is 0 Å². The van der Waals surface area contributed by atoms with Gasteiger partial charge in [0.05, 0.1) is 0 Å². The van der Waals surface area contributed by atoms with Gasteiger partial charge >= 0.3 is 0 Å².